The zero-order valence-electron chi connectivity index (χ0n) is 13.5. The molecular weight excluding hydrogens is 386 g/mol. The molecule has 1 aliphatic rings. The first-order valence-corrected chi connectivity index (χ1v) is 7.91. The molecule has 0 spiro atoms. The lowest BCUT2D eigenvalue weighted by Crippen LogP contribution is -2.21. The van der Waals surface area contributed by atoms with Gasteiger partial charge >= 0.3 is 12.4 Å². The zero-order chi connectivity index (χ0) is 19.8. The Hall–Kier alpha value is -3.30. The average molecular weight is 392 g/mol. The third-order valence-corrected chi connectivity index (χ3v) is 4.47. The monoisotopic (exact) mass is 392 g/mol. The zero-order valence-corrected chi connectivity index (χ0v) is 13.5. The SMILES string of the molecule is FC(F)(F)c1nc2nc3c(nc2nc1C(F)(F)F)-c1cccc2cccc-3c12. The number of hydrogen-bond donors (Lipinski definition) is 0. The summed E-state index contributed by atoms with van der Waals surface area (Å²) >= 11 is 0. The molecule has 0 radical (unpaired) electrons. The van der Waals surface area contributed by atoms with Gasteiger partial charge in [0.1, 0.15) is 0 Å². The molecule has 2 aromatic heterocycles. The van der Waals surface area contributed by atoms with E-state index in [0.717, 1.165) is 10.8 Å². The molecule has 0 N–H and O–H groups in total. The number of fused-ring (bicyclic) bond motifs is 4. The van der Waals surface area contributed by atoms with Crippen LogP contribution in [0.5, 0.6) is 0 Å². The predicted octanol–water partition coefficient (Wildman–Crippen LogP) is 5.26. The fraction of sp³-hybridized carbons (Fsp3) is 0.111. The van der Waals surface area contributed by atoms with Gasteiger partial charge in [-0.25, -0.2) is 19.9 Å². The second kappa shape index (κ2) is 5.15. The maximum Gasteiger partial charge on any atom is 0.435 e. The van der Waals surface area contributed by atoms with Crippen molar-refractivity contribution in [2.45, 2.75) is 12.4 Å². The maximum atomic E-state index is 13.1. The Bertz CT molecular complexity index is 1200. The summed E-state index contributed by atoms with van der Waals surface area (Å²) in [7, 11) is 0. The van der Waals surface area contributed by atoms with Gasteiger partial charge in [0.25, 0.3) is 0 Å². The Morgan fingerprint density at radius 1 is 0.571 bits per heavy atom. The quantitative estimate of drug-likeness (QED) is 0.338. The third kappa shape index (κ3) is 2.26. The molecule has 10 heteroatoms. The predicted molar refractivity (Wildman–Crippen MR) is 87.1 cm³/mol. The van der Waals surface area contributed by atoms with Gasteiger partial charge in [0.05, 0.1) is 11.4 Å². The van der Waals surface area contributed by atoms with Gasteiger partial charge in [-0.3, -0.25) is 0 Å². The molecule has 4 aromatic rings. The van der Waals surface area contributed by atoms with Crippen molar-refractivity contribution in [3.63, 3.8) is 0 Å². The summed E-state index contributed by atoms with van der Waals surface area (Å²) < 4.78 is 78.8. The van der Waals surface area contributed by atoms with Crippen LogP contribution in [0.4, 0.5) is 26.3 Å². The van der Waals surface area contributed by atoms with Gasteiger partial charge in [0, 0.05) is 16.5 Å². The molecule has 1 aliphatic carbocycles. The summed E-state index contributed by atoms with van der Waals surface area (Å²) in [5.74, 6) is 0. The van der Waals surface area contributed by atoms with Gasteiger partial charge in [-0.1, -0.05) is 36.4 Å². The van der Waals surface area contributed by atoms with Crippen LogP contribution >= 0.6 is 0 Å². The van der Waals surface area contributed by atoms with Crippen LogP contribution < -0.4 is 0 Å². The Kier molecular flexibility index (Phi) is 3.10. The second-order valence-electron chi connectivity index (χ2n) is 6.19. The van der Waals surface area contributed by atoms with E-state index < -0.39 is 35.0 Å². The lowest BCUT2D eigenvalue weighted by atomic mass is 10.0. The van der Waals surface area contributed by atoms with Crippen LogP contribution in [0.2, 0.25) is 0 Å². The van der Waals surface area contributed by atoms with E-state index in [1.165, 1.54) is 0 Å². The number of halogens is 6. The fourth-order valence-electron chi connectivity index (χ4n) is 3.39. The Balaban J connectivity index is 1.87. The van der Waals surface area contributed by atoms with Crippen LogP contribution in [-0.4, -0.2) is 19.9 Å². The highest BCUT2D eigenvalue weighted by atomic mass is 19.4. The average Bonchev–Trinajstić information content (AvgIpc) is 2.93. The number of nitrogens with zero attached hydrogens (tertiary/aromatic N) is 4. The molecule has 0 atom stereocenters. The summed E-state index contributed by atoms with van der Waals surface area (Å²) in [6, 6.07) is 10.6. The highest BCUT2D eigenvalue weighted by Gasteiger charge is 2.47. The van der Waals surface area contributed by atoms with E-state index in [-0.39, 0.29) is 11.4 Å². The summed E-state index contributed by atoms with van der Waals surface area (Å²) in [6.45, 7) is 0. The van der Waals surface area contributed by atoms with Crippen LogP contribution in [0.25, 0.3) is 44.6 Å². The molecule has 0 amide bonds. The molecule has 0 saturated heterocycles. The van der Waals surface area contributed by atoms with Crippen LogP contribution in [0, 0.1) is 0 Å². The van der Waals surface area contributed by atoms with Gasteiger partial charge in [-0.15, -0.1) is 0 Å². The van der Waals surface area contributed by atoms with E-state index >= 15 is 0 Å². The van der Waals surface area contributed by atoms with E-state index in [0.29, 0.717) is 11.1 Å². The number of aromatic nitrogens is 4. The second-order valence-corrected chi connectivity index (χ2v) is 6.19. The fourth-order valence-corrected chi connectivity index (χ4v) is 3.39. The normalized spacial score (nSPS) is 13.4. The Morgan fingerprint density at radius 2 is 1.00 bits per heavy atom. The molecule has 140 valence electrons. The van der Waals surface area contributed by atoms with Crippen molar-refractivity contribution in [2.24, 2.45) is 0 Å². The highest BCUT2D eigenvalue weighted by Crippen LogP contribution is 2.46. The van der Waals surface area contributed by atoms with E-state index in [2.05, 4.69) is 19.9 Å². The molecule has 5 rings (SSSR count). The Morgan fingerprint density at radius 3 is 1.39 bits per heavy atom. The lowest BCUT2D eigenvalue weighted by molar-refractivity contribution is -0.167. The van der Waals surface area contributed by atoms with Gasteiger partial charge in [-0.05, 0) is 5.39 Å². The number of alkyl halides is 6. The van der Waals surface area contributed by atoms with Gasteiger partial charge in [0.2, 0.25) is 0 Å². The van der Waals surface area contributed by atoms with Crippen molar-refractivity contribution in [1.82, 2.24) is 19.9 Å². The van der Waals surface area contributed by atoms with Gasteiger partial charge < -0.3 is 0 Å². The molecule has 2 heterocycles. The standard InChI is InChI=1S/C18H6F6N4/c19-17(20,21)13-14(18(22,23)24)28-16-15(27-13)25-11-8-5-1-3-7-4-2-6-9(10(7)8)12(11)26-16/h1-6H. The Labute approximate surface area is 151 Å². The minimum absolute atomic E-state index is 0.265. The van der Waals surface area contributed by atoms with Crippen LogP contribution in [0.3, 0.4) is 0 Å². The van der Waals surface area contributed by atoms with Gasteiger partial charge in [-0.2, -0.15) is 26.3 Å². The number of rotatable bonds is 0. The topological polar surface area (TPSA) is 51.6 Å². The van der Waals surface area contributed by atoms with Crippen LogP contribution in [-0.2, 0) is 12.4 Å². The number of benzene rings is 2. The van der Waals surface area contributed by atoms with Crippen molar-refractivity contribution >= 4 is 22.1 Å². The van der Waals surface area contributed by atoms with Crippen molar-refractivity contribution in [2.75, 3.05) is 0 Å². The van der Waals surface area contributed by atoms with Crippen LogP contribution in [0.15, 0.2) is 36.4 Å². The van der Waals surface area contributed by atoms with E-state index in [1.807, 2.05) is 12.1 Å². The van der Waals surface area contributed by atoms with Crippen molar-refractivity contribution in [1.29, 1.82) is 0 Å². The first kappa shape index (κ1) is 16.8. The highest BCUT2D eigenvalue weighted by molar-refractivity contribution is 6.13. The van der Waals surface area contributed by atoms with E-state index in [4.69, 9.17) is 0 Å². The molecule has 28 heavy (non-hydrogen) atoms. The first-order chi connectivity index (χ1) is 13.1. The van der Waals surface area contributed by atoms with Crippen molar-refractivity contribution < 1.29 is 26.3 Å². The molecule has 0 unspecified atom stereocenters. The minimum atomic E-state index is -5.34. The summed E-state index contributed by atoms with van der Waals surface area (Å²) in [6.07, 6.45) is -10.7. The lowest BCUT2D eigenvalue weighted by Gasteiger charge is -2.14. The smallest absolute Gasteiger partial charge is 0.223 e. The molecule has 0 bridgehead atoms. The minimum Gasteiger partial charge on any atom is -0.223 e. The molecule has 0 saturated carbocycles. The van der Waals surface area contributed by atoms with Crippen molar-refractivity contribution in [3.8, 4) is 22.5 Å². The van der Waals surface area contributed by atoms with Crippen LogP contribution in [0.1, 0.15) is 11.4 Å². The third-order valence-electron chi connectivity index (χ3n) is 4.47. The maximum absolute atomic E-state index is 13.1. The van der Waals surface area contributed by atoms with Gasteiger partial charge in [0.15, 0.2) is 22.7 Å². The molecule has 0 aliphatic heterocycles. The summed E-state index contributed by atoms with van der Waals surface area (Å²) in [4.78, 5) is 14.5. The van der Waals surface area contributed by atoms with E-state index in [9.17, 15) is 26.3 Å². The summed E-state index contributed by atoms with van der Waals surface area (Å²) in [5.41, 5.74) is -3.65. The van der Waals surface area contributed by atoms with E-state index in [1.54, 1.807) is 24.3 Å². The number of hydrogen-bond acceptors (Lipinski definition) is 4. The molecular formula is C18H6F6N4. The summed E-state index contributed by atoms with van der Waals surface area (Å²) in [5, 5.41) is 1.63. The molecule has 4 nitrogen and oxygen atoms in total. The molecule has 2 aromatic carbocycles. The first-order valence-electron chi connectivity index (χ1n) is 7.91. The molecule has 0 fully saturated rings. The largest absolute Gasteiger partial charge is 0.435 e. The van der Waals surface area contributed by atoms with Crippen molar-refractivity contribution in [3.05, 3.63) is 47.8 Å².